The van der Waals surface area contributed by atoms with Crippen LogP contribution in [0, 0.1) is 5.92 Å². The molecule has 6 heteroatoms. The van der Waals surface area contributed by atoms with Crippen molar-refractivity contribution in [2.24, 2.45) is 5.92 Å². The van der Waals surface area contributed by atoms with E-state index >= 15 is 0 Å². The first-order valence-electron chi connectivity index (χ1n) is 9.42. The van der Waals surface area contributed by atoms with E-state index in [-0.39, 0.29) is 36.4 Å². The quantitative estimate of drug-likeness (QED) is 0.595. The molecule has 1 aliphatic carbocycles. The maximum absolute atomic E-state index is 13.3. The molecular formula is C21H25NO5. The summed E-state index contributed by atoms with van der Waals surface area (Å²) in [6.07, 6.45) is 4.16. The topological polar surface area (TPSA) is 76.8 Å². The SMILES string of the molecule is COC(=O)CCN(C(=O)c1cc2ccccc2oc1=O)C1CCCCC1C. The van der Waals surface area contributed by atoms with E-state index in [1.165, 1.54) is 7.11 Å². The lowest BCUT2D eigenvalue weighted by Crippen LogP contribution is -2.47. The number of carbonyl (C=O) groups excluding carboxylic acids is 2. The number of para-hydroxylation sites is 1. The van der Waals surface area contributed by atoms with Crippen molar-refractivity contribution in [3.05, 3.63) is 46.3 Å². The van der Waals surface area contributed by atoms with Crippen LogP contribution in [-0.2, 0) is 9.53 Å². The summed E-state index contributed by atoms with van der Waals surface area (Å²) in [7, 11) is 1.33. The van der Waals surface area contributed by atoms with Crippen LogP contribution in [0.3, 0.4) is 0 Å². The molecule has 1 heterocycles. The maximum atomic E-state index is 13.3. The van der Waals surface area contributed by atoms with E-state index in [0.717, 1.165) is 25.7 Å². The van der Waals surface area contributed by atoms with Crippen molar-refractivity contribution in [3.63, 3.8) is 0 Å². The standard InChI is InChI=1S/C21H25NO5/c1-14-7-3-5-9-17(14)22(12-11-19(23)26-2)20(24)16-13-15-8-4-6-10-18(15)27-21(16)25/h4,6,8,10,13-14,17H,3,5,7,9,11-12H2,1-2H3. The number of nitrogens with zero attached hydrogens (tertiary/aromatic N) is 1. The minimum atomic E-state index is -0.648. The smallest absolute Gasteiger partial charge is 0.349 e. The van der Waals surface area contributed by atoms with Gasteiger partial charge in [0.05, 0.1) is 13.5 Å². The second-order valence-electron chi connectivity index (χ2n) is 7.14. The van der Waals surface area contributed by atoms with Gasteiger partial charge in [0.2, 0.25) is 0 Å². The van der Waals surface area contributed by atoms with Crippen LogP contribution in [0.4, 0.5) is 0 Å². The van der Waals surface area contributed by atoms with Gasteiger partial charge in [-0.15, -0.1) is 0 Å². The molecule has 0 saturated heterocycles. The molecule has 144 valence electrons. The van der Waals surface area contributed by atoms with Gasteiger partial charge in [-0.05, 0) is 30.9 Å². The zero-order chi connectivity index (χ0) is 19.4. The molecule has 1 aliphatic rings. The third-order valence-corrected chi connectivity index (χ3v) is 5.38. The molecule has 0 bridgehead atoms. The Kier molecular flexibility index (Phi) is 5.94. The van der Waals surface area contributed by atoms with Gasteiger partial charge in [0.1, 0.15) is 11.1 Å². The van der Waals surface area contributed by atoms with Gasteiger partial charge in [0.25, 0.3) is 5.91 Å². The molecule has 3 rings (SSSR count). The van der Waals surface area contributed by atoms with Crippen molar-refractivity contribution in [3.8, 4) is 0 Å². The molecule has 0 radical (unpaired) electrons. The van der Waals surface area contributed by atoms with Crippen LogP contribution < -0.4 is 5.63 Å². The van der Waals surface area contributed by atoms with Gasteiger partial charge in [-0.3, -0.25) is 9.59 Å². The number of hydrogen-bond acceptors (Lipinski definition) is 5. The fourth-order valence-electron chi connectivity index (χ4n) is 3.86. The summed E-state index contributed by atoms with van der Waals surface area (Å²) in [6, 6.07) is 8.69. The van der Waals surface area contributed by atoms with Crippen molar-refractivity contribution in [2.45, 2.75) is 45.1 Å². The fourth-order valence-corrected chi connectivity index (χ4v) is 3.86. The third kappa shape index (κ3) is 4.21. The second kappa shape index (κ2) is 8.37. The summed E-state index contributed by atoms with van der Waals surface area (Å²) < 4.78 is 10.1. The number of fused-ring (bicyclic) bond motifs is 1. The van der Waals surface area contributed by atoms with E-state index in [4.69, 9.17) is 9.15 Å². The summed E-state index contributed by atoms with van der Waals surface area (Å²) in [5, 5.41) is 0.699. The van der Waals surface area contributed by atoms with E-state index in [0.29, 0.717) is 16.9 Å². The fraction of sp³-hybridized carbons (Fsp3) is 0.476. The van der Waals surface area contributed by atoms with Crippen LogP contribution in [0.5, 0.6) is 0 Å². The first-order chi connectivity index (χ1) is 13.0. The lowest BCUT2D eigenvalue weighted by atomic mass is 9.84. The highest BCUT2D eigenvalue weighted by atomic mass is 16.5. The summed E-state index contributed by atoms with van der Waals surface area (Å²) in [5.41, 5.74) is -0.187. The van der Waals surface area contributed by atoms with Gasteiger partial charge < -0.3 is 14.1 Å². The molecule has 1 aromatic carbocycles. The monoisotopic (exact) mass is 371 g/mol. The van der Waals surface area contributed by atoms with E-state index in [1.807, 2.05) is 6.07 Å². The Bertz CT molecular complexity index is 888. The summed E-state index contributed by atoms with van der Waals surface area (Å²) >= 11 is 0. The number of esters is 1. The highest BCUT2D eigenvalue weighted by Gasteiger charge is 2.32. The van der Waals surface area contributed by atoms with Gasteiger partial charge in [0, 0.05) is 18.0 Å². The molecule has 1 fully saturated rings. The Hall–Kier alpha value is -2.63. The Morgan fingerprint density at radius 1 is 1.22 bits per heavy atom. The van der Waals surface area contributed by atoms with Gasteiger partial charge in [-0.25, -0.2) is 4.79 Å². The lowest BCUT2D eigenvalue weighted by molar-refractivity contribution is -0.141. The first-order valence-corrected chi connectivity index (χ1v) is 9.42. The Morgan fingerprint density at radius 3 is 2.70 bits per heavy atom. The largest absolute Gasteiger partial charge is 0.469 e. The van der Waals surface area contributed by atoms with Crippen LogP contribution in [0.15, 0.2) is 39.5 Å². The molecule has 0 aliphatic heterocycles. The molecule has 1 aromatic heterocycles. The lowest BCUT2D eigenvalue weighted by Gasteiger charge is -2.38. The Balaban J connectivity index is 1.95. The number of benzene rings is 1. The molecule has 6 nitrogen and oxygen atoms in total. The summed E-state index contributed by atoms with van der Waals surface area (Å²) in [6.45, 7) is 2.35. The molecular weight excluding hydrogens is 346 g/mol. The number of rotatable bonds is 5. The molecule has 2 atom stereocenters. The highest BCUT2D eigenvalue weighted by Crippen LogP contribution is 2.29. The predicted molar refractivity (Wildman–Crippen MR) is 102 cm³/mol. The number of methoxy groups -OCH3 is 1. The summed E-state index contributed by atoms with van der Waals surface area (Å²) in [4.78, 5) is 39.0. The van der Waals surface area contributed by atoms with Crippen LogP contribution in [0.25, 0.3) is 11.0 Å². The van der Waals surface area contributed by atoms with Crippen LogP contribution in [0.1, 0.15) is 49.4 Å². The molecule has 0 spiro atoms. The molecule has 27 heavy (non-hydrogen) atoms. The highest BCUT2D eigenvalue weighted by molar-refractivity contribution is 5.97. The van der Waals surface area contributed by atoms with E-state index < -0.39 is 5.63 Å². The molecule has 1 amide bonds. The summed E-state index contributed by atoms with van der Waals surface area (Å²) in [5.74, 6) is -0.438. The number of ether oxygens (including phenoxy) is 1. The number of hydrogen-bond donors (Lipinski definition) is 0. The second-order valence-corrected chi connectivity index (χ2v) is 7.14. The molecule has 1 saturated carbocycles. The minimum Gasteiger partial charge on any atom is -0.469 e. The number of amides is 1. The van der Waals surface area contributed by atoms with E-state index in [9.17, 15) is 14.4 Å². The Labute approximate surface area is 158 Å². The zero-order valence-corrected chi connectivity index (χ0v) is 15.8. The zero-order valence-electron chi connectivity index (χ0n) is 15.8. The maximum Gasteiger partial charge on any atom is 0.349 e. The average Bonchev–Trinajstić information content (AvgIpc) is 2.68. The average molecular weight is 371 g/mol. The van der Waals surface area contributed by atoms with Crippen molar-refractivity contribution in [2.75, 3.05) is 13.7 Å². The normalized spacial score (nSPS) is 19.6. The van der Waals surface area contributed by atoms with Crippen LogP contribution >= 0.6 is 0 Å². The Morgan fingerprint density at radius 2 is 1.96 bits per heavy atom. The molecule has 2 aromatic rings. The van der Waals surface area contributed by atoms with Gasteiger partial charge in [-0.1, -0.05) is 38.0 Å². The van der Waals surface area contributed by atoms with Gasteiger partial charge >= 0.3 is 11.6 Å². The van der Waals surface area contributed by atoms with E-state index in [2.05, 4.69) is 6.92 Å². The third-order valence-electron chi connectivity index (χ3n) is 5.38. The van der Waals surface area contributed by atoms with Gasteiger partial charge in [0.15, 0.2) is 0 Å². The minimum absolute atomic E-state index is 0.00164. The first kappa shape index (κ1) is 19.1. The van der Waals surface area contributed by atoms with Crippen molar-refractivity contribution in [1.82, 2.24) is 4.90 Å². The predicted octanol–water partition coefficient (Wildman–Crippen LogP) is 3.38. The van der Waals surface area contributed by atoms with Crippen LogP contribution in [0.2, 0.25) is 0 Å². The van der Waals surface area contributed by atoms with Crippen molar-refractivity contribution >= 4 is 22.8 Å². The molecule has 0 N–H and O–H groups in total. The molecule has 2 unspecified atom stereocenters. The number of carbonyl (C=O) groups is 2. The van der Waals surface area contributed by atoms with Crippen molar-refractivity contribution < 1.29 is 18.7 Å². The van der Waals surface area contributed by atoms with Crippen LogP contribution in [-0.4, -0.2) is 36.5 Å². The van der Waals surface area contributed by atoms with E-state index in [1.54, 1.807) is 29.2 Å². The van der Waals surface area contributed by atoms with Crippen molar-refractivity contribution in [1.29, 1.82) is 0 Å². The van der Waals surface area contributed by atoms with Gasteiger partial charge in [-0.2, -0.15) is 0 Å².